The number of morpholine rings is 1. The van der Waals surface area contributed by atoms with Crippen molar-refractivity contribution in [1.29, 1.82) is 0 Å². The quantitative estimate of drug-likeness (QED) is 0.682. The molecule has 0 bridgehead atoms. The van der Waals surface area contributed by atoms with Crippen LogP contribution in [0.25, 0.3) is 5.82 Å². The van der Waals surface area contributed by atoms with Crippen LogP contribution in [-0.4, -0.2) is 57.9 Å². The van der Waals surface area contributed by atoms with E-state index >= 15 is 0 Å². The molecule has 3 heterocycles. The smallest absolute Gasteiger partial charge is 0.252 e. The Morgan fingerprint density at radius 3 is 2.73 bits per heavy atom. The van der Waals surface area contributed by atoms with E-state index in [0.29, 0.717) is 24.5 Å². The first-order valence-corrected chi connectivity index (χ1v) is 10.2. The maximum Gasteiger partial charge on any atom is 0.252 e. The lowest BCUT2D eigenvalue weighted by molar-refractivity contribution is -0.0292. The van der Waals surface area contributed by atoms with Gasteiger partial charge in [0.2, 0.25) is 0 Å². The SMILES string of the molecule is Cc1cc(C)n(-c2ccc(C(=O)NCC3CN(Cc4ccccc4)CCO3)cn2)n1. The molecule has 30 heavy (non-hydrogen) atoms. The number of hydrogen-bond donors (Lipinski definition) is 1. The Hall–Kier alpha value is -3.03. The number of aryl methyl sites for hydroxylation is 2. The highest BCUT2D eigenvalue weighted by Gasteiger charge is 2.21. The summed E-state index contributed by atoms with van der Waals surface area (Å²) in [5.41, 5.74) is 3.75. The number of benzene rings is 1. The Bertz CT molecular complexity index is 985. The zero-order valence-corrected chi connectivity index (χ0v) is 17.4. The van der Waals surface area contributed by atoms with Gasteiger partial charge in [-0.15, -0.1) is 0 Å². The summed E-state index contributed by atoms with van der Waals surface area (Å²) >= 11 is 0. The van der Waals surface area contributed by atoms with Gasteiger partial charge < -0.3 is 10.1 Å². The number of pyridine rings is 1. The molecule has 7 nitrogen and oxygen atoms in total. The van der Waals surface area contributed by atoms with Gasteiger partial charge in [-0.2, -0.15) is 5.10 Å². The van der Waals surface area contributed by atoms with Gasteiger partial charge in [-0.25, -0.2) is 9.67 Å². The number of nitrogens with zero attached hydrogens (tertiary/aromatic N) is 4. The van der Waals surface area contributed by atoms with E-state index in [0.717, 1.165) is 31.0 Å². The van der Waals surface area contributed by atoms with Crippen molar-refractivity contribution >= 4 is 5.91 Å². The Morgan fingerprint density at radius 2 is 2.03 bits per heavy atom. The summed E-state index contributed by atoms with van der Waals surface area (Å²) in [4.78, 5) is 19.3. The van der Waals surface area contributed by atoms with Gasteiger partial charge in [-0.05, 0) is 37.6 Å². The normalized spacial score (nSPS) is 17.1. The monoisotopic (exact) mass is 405 g/mol. The Labute approximate surface area is 176 Å². The van der Waals surface area contributed by atoms with E-state index in [1.54, 1.807) is 16.9 Å². The third-order valence-electron chi connectivity index (χ3n) is 5.20. The molecule has 1 N–H and O–H groups in total. The molecule has 3 aromatic rings. The first-order valence-electron chi connectivity index (χ1n) is 10.2. The fraction of sp³-hybridized carbons (Fsp3) is 0.348. The first-order chi connectivity index (χ1) is 14.6. The molecule has 0 radical (unpaired) electrons. The van der Waals surface area contributed by atoms with Gasteiger partial charge >= 0.3 is 0 Å². The number of ether oxygens (including phenoxy) is 1. The average Bonchev–Trinajstić information content (AvgIpc) is 3.11. The summed E-state index contributed by atoms with van der Waals surface area (Å²) in [6.45, 7) is 7.66. The summed E-state index contributed by atoms with van der Waals surface area (Å²) < 4.78 is 7.61. The highest BCUT2D eigenvalue weighted by molar-refractivity contribution is 5.93. The lowest BCUT2D eigenvalue weighted by atomic mass is 10.2. The van der Waals surface area contributed by atoms with Crippen LogP contribution in [0.1, 0.15) is 27.3 Å². The third-order valence-corrected chi connectivity index (χ3v) is 5.20. The highest BCUT2D eigenvalue weighted by Crippen LogP contribution is 2.12. The van der Waals surface area contributed by atoms with Crippen molar-refractivity contribution < 1.29 is 9.53 Å². The molecule has 1 aromatic carbocycles. The number of carbonyl (C=O) groups is 1. The summed E-state index contributed by atoms with van der Waals surface area (Å²) in [6.07, 6.45) is 1.57. The minimum absolute atomic E-state index is 0.0201. The lowest BCUT2D eigenvalue weighted by Gasteiger charge is -2.33. The van der Waals surface area contributed by atoms with Crippen molar-refractivity contribution in [2.75, 3.05) is 26.2 Å². The molecule has 1 saturated heterocycles. The van der Waals surface area contributed by atoms with Gasteiger partial charge in [0.25, 0.3) is 5.91 Å². The zero-order chi connectivity index (χ0) is 20.9. The fourth-order valence-electron chi connectivity index (χ4n) is 3.70. The van der Waals surface area contributed by atoms with Crippen molar-refractivity contribution in [2.45, 2.75) is 26.5 Å². The summed E-state index contributed by atoms with van der Waals surface area (Å²) in [5, 5.41) is 7.40. The average molecular weight is 406 g/mol. The van der Waals surface area contributed by atoms with Crippen LogP contribution >= 0.6 is 0 Å². The van der Waals surface area contributed by atoms with E-state index in [1.807, 2.05) is 32.0 Å². The minimum atomic E-state index is -0.147. The van der Waals surface area contributed by atoms with Crippen LogP contribution < -0.4 is 5.32 Å². The highest BCUT2D eigenvalue weighted by atomic mass is 16.5. The van der Waals surface area contributed by atoms with Crippen molar-refractivity contribution in [3.8, 4) is 5.82 Å². The number of amides is 1. The second-order valence-corrected chi connectivity index (χ2v) is 7.67. The number of nitrogens with one attached hydrogen (secondary N) is 1. The van der Waals surface area contributed by atoms with Crippen molar-refractivity contribution in [3.63, 3.8) is 0 Å². The van der Waals surface area contributed by atoms with E-state index in [2.05, 4.69) is 44.6 Å². The van der Waals surface area contributed by atoms with Gasteiger partial charge in [0, 0.05) is 38.1 Å². The van der Waals surface area contributed by atoms with Gasteiger partial charge in [0.05, 0.1) is 24.0 Å². The number of hydrogen-bond acceptors (Lipinski definition) is 5. The first kappa shape index (κ1) is 20.3. The lowest BCUT2D eigenvalue weighted by Crippen LogP contribution is -2.47. The molecule has 4 rings (SSSR count). The standard InChI is InChI=1S/C23H27N5O2/c1-17-12-18(2)28(26-17)22-9-8-20(13-24-22)23(29)25-14-21-16-27(10-11-30-21)15-19-6-4-3-5-7-19/h3-9,12-13,21H,10-11,14-16H2,1-2H3,(H,25,29). The molecule has 0 saturated carbocycles. The second-order valence-electron chi connectivity index (χ2n) is 7.67. The summed E-state index contributed by atoms with van der Waals surface area (Å²) in [5.74, 6) is 0.551. The Morgan fingerprint density at radius 1 is 1.20 bits per heavy atom. The topological polar surface area (TPSA) is 72.3 Å². The van der Waals surface area contributed by atoms with E-state index < -0.39 is 0 Å². The Balaban J connectivity index is 1.30. The zero-order valence-electron chi connectivity index (χ0n) is 17.4. The van der Waals surface area contributed by atoms with Gasteiger partial charge in [0.15, 0.2) is 5.82 Å². The molecular weight excluding hydrogens is 378 g/mol. The Kier molecular flexibility index (Phi) is 6.21. The maximum absolute atomic E-state index is 12.5. The van der Waals surface area contributed by atoms with Crippen molar-refractivity contribution in [2.24, 2.45) is 0 Å². The fourth-order valence-corrected chi connectivity index (χ4v) is 3.70. The van der Waals surface area contributed by atoms with E-state index in [1.165, 1.54) is 5.56 Å². The van der Waals surface area contributed by atoms with Gasteiger partial charge in [0.1, 0.15) is 0 Å². The van der Waals surface area contributed by atoms with Crippen LogP contribution in [0.4, 0.5) is 0 Å². The molecule has 7 heteroatoms. The van der Waals surface area contributed by atoms with Crippen LogP contribution in [0.2, 0.25) is 0 Å². The van der Waals surface area contributed by atoms with E-state index in [4.69, 9.17) is 4.74 Å². The van der Waals surface area contributed by atoms with Crippen LogP contribution in [0.5, 0.6) is 0 Å². The number of aromatic nitrogens is 3. The third kappa shape index (κ3) is 4.93. The van der Waals surface area contributed by atoms with Crippen molar-refractivity contribution in [1.82, 2.24) is 25.0 Å². The molecule has 0 spiro atoms. The largest absolute Gasteiger partial charge is 0.374 e. The number of rotatable bonds is 6. The van der Waals surface area contributed by atoms with E-state index in [9.17, 15) is 4.79 Å². The molecule has 2 aromatic heterocycles. The molecule has 1 aliphatic rings. The van der Waals surface area contributed by atoms with Gasteiger partial charge in [-0.1, -0.05) is 30.3 Å². The minimum Gasteiger partial charge on any atom is -0.374 e. The van der Waals surface area contributed by atoms with E-state index in [-0.39, 0.29) is 12.0 Å². The number of carbonyl (C=O) groups excluding carboxylic acids is 1. The molecule has 1 fully saturated rings. The van der Waals surface area contributed by atoms with Crippen LogP contribution in [0, 0.1) is 13.8 Å². The second kappa shape index (κ2) is 9.19. The van der Waals surface area contributed by atoms with Crippen LogP contribution in [0.15, 0.2) is 54.7 Å². The summed E-state index contributed by atoms with van der Waals surface area (Å²) in [7, 11) is 0. The predicted octanol–water partition coefficient (Wildman–Crippen LogP) is 2.51. The van der Waals surface area contributed by atoms with Crippen LogP contribution in [0.3, 0.4) is 0 Å². The molecule has 0 aliphatic carbocycles. The molecule has 156 valence electrons. The summed E-state index contributed by atoms with van der Waals surface area (Å²) in [6, 6.07) is 16.0. The molecular formula is C23H27N5O2. The maximum atomic E-state index is 12.5. The van der Waals surface area contributed by atoms with Crippen molar-refractivity contribution in [3.05, 3.63) is 77.2 Å². The predicted molar refractivity (Wildman–Crippen MR) is 115 cm³/mol. The van der Waals surface area contributed by atoms with Gasteiger partial charge in [-0.3, -0.25) is 9.69 Å². The molecule has 1 unspecified atom stereocenters. The molecule has 1 amide bonds. The van der Waals surface area contributed by atoms with Crippen LogP contribution in [-0.2, 0) is 11.3 Å². The molecule has 1 aliphatic heterocycles. The molecule has 1 atom stereocenters.